The summed E-state index contributed by atoms with van der Waals surface area (Å²) < 4.78 is 12.5. The minimum absolute atomic E-state index is 0.0173. The SMILES string of the molecule is CCCN1C2=C(C(=O)CCC2)C(c2cc(Br)c(OCc3ccc([N+](=O)[O-])cc3)c(OC)c2)C2=C1CCCC2=O. The number of hydrogen-bond donors (Lipinski definition) is 0. The van der Waals surface area contributed by atoms with Crippen LogP contribution in [0, 0.1) is 10.1 Å². The molecule has 9 heteroatoms. The Kier molecular flexibility index (Phi) is 7.88. The molecule has 0 aromatic heterocycles. The number of allylic oxidation sites excluding steroid dienone is 4. The van der Waals surface area contributed by atoms with E-state index in [1.807, 2.05) is 12.1 Å². The van der Waals surface area contributed by atoms with E-state index in [0.717, 1.165) is 72.3 Å². The predicted octanol–water partition coefficient (Wildman–Crippen LogP) is 6.77. The van der Waals surface area contributed by atoms with Crippen molar-refractivity contribution in [3.63, 3.8) is 0 Å². The molecule has 0 unspecified atom stereocenters. The number of nitro benzene ring substituents is 1. The molecule has 0 amide bonds. The molecule has 5 rings (SSSR count). The molecule has 2 aromatic rings. The number of non-ortho nitro benzene ring substituents is 1. The average molecular weight is 595 g/mol. The second kappa shape index (κ2) is 11.3. The fraction of sp³-hybridized carbons (Fsp3) is 0.400. The summed E-state index contributed by atoms with van der Waals surface area (Å²) in [5.74, 6) is 0.754. The number of Topliss-reactive ketones (excluding diaryl/α,β-unsaturated/α-hetero) is 2. The monoisotopic (exact) mass is 594 g/mol. The van der Waals surface area contributed by atoms with Gasteiger partial charge in [0.15, 0.2) is 23.1 Å². The van der Waals surface area contributed by atoms with Gasteiger partial charge in [0.25, 0.3) is 5.69 Å². The number of hydrogen-bond acceptors (Lipinski definition) is 7. The zero-order chi connectivity index (χ0) is 27.7. The van der Waals surface area contributed by atoms with Gasteiger partial charge >= 0.3 is 0 Å². The lowest BCUT2D eigenvalue weighted by atomic mass is 9.71. The molecule has 1 heterocycles. The van der Waals surface area contributed by atoms with Gasteiger partial charge < -0.3 is 14.4 Å². The number of ether oxygens (including phenoxy) is 2. The van der Waals surface area contributed by atoms with Gasteiger partial charge in [-0.2, -0.15) is 0 Å². The number of nitro groups is 1. The smallest absolute Gasteiger partial charge is 0.269 e. The summed E-state index contributed by atoms with van der Waals surface area (Å²) in [5, 5.41) is 10.9. The summed E-state index contributed by atoms with van der Waals surface area (Å²) in [5.41, 5.74) is 5.24. The van der Waals surface area contributed by atoms with Gasteiger partial charge in [-0.25, -0.2) is 0 Å². The van der Waals surface area contributed by atoms with Crippen LogP contribution in [-0.2, 0) is 16.2 Å². The quantitative estimate of drug-likeness (QED) is 0.245. The highest BCUT2D eigenvalue weighted by molar-refractivity contribution is 9.10. The Morgan fingerprint density at radius 2 is 1.62 bits per heavy atom. The third-order valence-corrected chi connectivity index (χ3v) is 8.24. The maximum Gasteiger partial charge on any atom is 0.269 e. The lowest BCUT2D eigenvalue weighted by Gasteiger charge is -2.44. The molecule has 8 nitrogen and oxygen atoms in total. The number of ketones is 2. The van der Waals surface area contributed by atoms with Gasteiger partial charge in [-0.15, -0.1) is 0 Å². The van der Waals surface area contributed by atoms with Gasteiger partial charge in [-0.05, 0) is 83.4 Å². The zero-order valence-corrected chi connectivity index (χ0v) is 23.7. The van der Waals surface area contributed by atoms with E-state index in [0.29, 0.717) is 28.8 Å². The van der Waals surface area contributed by atoms with E-state index in [4.69, 9.17) is 9.47 Å². The van der Waals surface area contributed by atoms with Gasteiger partial charge in [0.2, 0.25) is 0 Å². The number of carbonyl (C=O) groups is 2. The molecule has 204 valence electrons. The van der Waals surface area contributed by atoms with Crippen molar-refractivity contribution < 1.29 is 24.0 Å². The number of carbonyl (C=O) groups excluding carboxylic acids is 2. The normalized spacial score (nSPS) is 17.8. The molecule has 0 saturated carbocycles. The van der Waals surface area contributed by atoms with Crippen LogP contribution >= 0.6 is 15.9 Å². The maximum atomic E-state index is 13.4. The molecule has 1 aliphatic heterocycles. The second-order valence-corrected chi connectivity index (χ2v) is 11.0. The van der Waals surface area contributed by atoms with Crippen molar-refractivity contribution in [1.82, 2.24) is 4.90 Å². The van der Waals surface area contributed by atoms with Crippen molar-refractivity contribution in [3.8, 4) is 11.5 Å². The Hall–Kier alpha value is -3.46. The highest BCUT2D eigenvalue weighted by Gasteiger charge is 2.43. The molecule has 0 atom stereocenters. The van der Waals surface area contributed by atoms with Crippen LogP contribution in [0.4, 0.5) is 5.69 Å². The third-order valence-electron chi connectivity index (χ3n) is 7.65. The van der Waals surface area contributed by atoms with Crippen LogP contribution in [0.2, 0.25) is 0 Å². The molecule has 0 saturated heterocycles. The summed E-state index contributed by atoms with van der Waals surface area (Å²) in [7, 11) is 1.56. The zero-order valence-electron chi connectivity index (χ0n) is 22.1. The Balaban J connectivity index is 1.55. The number of rotatable bonds is 8. The summed E-state index contributed by atoms with van der Waals surface area (Å²) in [6, 6.07) is 9.99. The summed E-state index contributed by atoms with van der Waals surface area (Å²) in [4.78, 5) is 39.7. The molecule has 0 fully saturated rings. The van der Waals surface area contributed by atoms with Crippen LogP contribution in [0.25, 0.3) is 0 Å². The van der Waals surface area contributed by atoms with E-state index < -0.39 is 10.8 Å². The van der Waals surface area contributed by atoms with Crippen LogP contribution < -0.4 is 9.47 Å². The molecule has 0 spiro atoms. The minimum atomic E-state index is -0.439. The minimum Gasteiger partial charge on any atom is -0.493 e. The van der Waals surface area contributed by atoms with Crippen molar-refractivity contribution >= 4 is 33.2 Å². The van der Waals surface area contributed by atoms with E-state index in [2.05, 4.69) is 27.8 Å². The Bertz CT molecular complexity index is 1350. The standard InChI is InChI=1S/C30H31BrN2O6/c1-3-14-32-22-6-4-8-24(34)28(22)27(29-23(32)7-5-9-25(29)35)19-15-21(31)30(26(16-19)38-2)39-17-18-10-12-20(13-11-18)33(36)37/h10-13,15-16,27H,3-9,14,17H2,1-2H3. The fourth-order valence-electron chi connectivity index (χ4n) is 5.96. The van der Waals surface area contributed by atoms with Gasteiger partial charge in [-0.3, -0.25) is 19.7 Å². The maximum absolute atomic E-state index is 13.4. The molecule has 0 bridgehead atoms. The van der Waals surface area contributed by atoms with Crippen LogP contribution in [-0.4, -0.2) is 35.0 Å². The first-order valence-electron chi connectivity index (χ1n) is 13.4. The van der Waals surface area contributed by atoms with Crippen LogP contribution in [0.1, 0.15) is 68.9 Å². The Morgan fingerprint density at radius 1 is 1.00 bits per heavy atom. The van der Waals surface area contributed by atoms with Gasteiger partial charge in [0.1, 0.15) is 6.61 Å². The summed E-state index contributed by atoms with van der Waals surface area (Å²) >= 11 is 3.65. The first kappa shape index (κ1) is 27.1. The first-order chi connectivity index (χ1) is 18.8. The average Bonchev–Trinajstić information content (AvgIpc) is 2.93. The number of methoxy groups -OCH3 is 1. The lowest BCUT2D eigenvalue weighted by molar-refractivity contribution is -0.384. The van der Waals surface area contributed by atoms with Crippen molar-refractivity contribution in [1.29, 1.82) is 0 Å². The first-order valence-corrected chi connectivity index (χ1v) is 14.2. The number of nitrogens with zero attached hydrogens (tertiary/aromatic N) is 2. The van der Waals surface area contributed by atoms with Crippen LogP contribution in [0.15, 0.2) is 63.4 Å². The van der Waals surface area contributed by atoms with Crippen molar-refractivity contribution in [2.75, 3.05) is 13.7 Å². The van der Waals surface area contributed by atoms with E-state index in [9.17, 15) is 19.7 Å². The molecule has 2 aliphatic carbocycles. The molecular formula is C30H31BrN2O6. The van der Waals surface area contributed by atoms with Gasteiger partial charge in [0.05, 0.1) is 16.5 Å². The number of benzene rings is 2. The second-order valence-electron chi connectivity index (χ2n) is 10.1. The predicted molar refractivity (Wildman–Crippen MR) is 150 cm³/mol. The molecule has 39 heavy (non-hydrogen) atoms. The van der Waals surface area contributed by atoms with E-state index >= 15 is 0 Å². The highest BCUT2D eigenvalue weighted by Crippen LogP contribution is 2.51. The summed E-state index contributed by atoms with van der Waals surface area (Å²) in [6.07, 6.45) is 5.21. The molecule has 0 radical (unpaired) electrons. The molecule has 3 aliphatic rings. The third kappa shape index (κ3) is 5.12. The van der Waals surface area contributed by atoms with Crippen molar-refractivity contribution in [2.45, 2.75) is 64.4 Å². The topological polar surface area (TPSA) is 99.0 Å². The van der Waals surface area contributed by atoms with E-state index in [1.54, 1.807) is 19.2 Å². The Labute approximate surface area is 235 Å². The number of halogens is 1. The van der Waals surface area contributed by atoms with Gasteiger partial charge in [-0.1, -0.05) is 6.92 Å². The lowest BCUT2D eigenvalue weighted by Crippen LogP contribution is -2.39. The van der Waals surface area contributed by atoms with Crippen LogP contribution in [0.5, 0.6) is 11.5 Å². The highest BCUT2D eigenvalue weighted by atomic mass is 79.9. The van der Waals surface area contributed by atoms with E-state index in [-0.39, 0.29) is 23.9 Å². The summed E-state index contributed by atoms with van der Waals surface area (Å²) in [6.45, 7) is 3.11. The largest absolute Gasteiger partial charge is 0.493 e. The van der Waals surface area contributed by atoms with Crippen molar-refractivity contribution in [3.05, 3.63) is 84.7 Å². The Morgan fingerprint density at radius 3 is 2.15 bits per heavy atom. The van der Waals surface area contributed by atoms with Gasteiger partial charge in [0, 0.05) is 60.0 Å². The van der Waals surface area contributed by atoms with Crippen LogP contribution in [0.3, 0.4) is 0 Å². The van der Waals surface area contributed by atoms with E-state index in [1.165, 1.54) is 12.1 Å². The van der Waals surface area contributed by atoms with Crippen molar-refractivity contribution in [2.24, 2.45) is 0 Å². The molecule has 2 aromatic carbocycles. The molecule has 0 N–H and O–H groups in total. The fourth-order valence-corrected chi connectivity index (χ4v) is 6.53. The molecular weight excluding hydrogens is 564 g/mol.